The lowest BCUT2D eigenvalue weighted by Crippen LogP contribution is -2.46. The molecule has 7 nitrogen and oxygen atoms in total. The molecule has 0 aliphatic heterocycles. The van der Waals surface area contributed by atoms with Crippen LogP contribution in [0.1, 0.15) is 59.4 Å². The molecule has 0 aliphatic carbocycles. The first-order chi connectivity index (χ1) is 14.4. The molecular formula is C23H26N2O5. The zero-order chi connectivity index (χ0) is 21.9. The van der Waals surface area contributed by atoms with E-state index in [0.29, 0.717) is 11.1 Å². The van der Waals surface area contributed by atoms with Gasteiger partial charge in [0, 0.05) is 17.5 Å². The molecule has 2 aromatic rings. The van der Waals surface area contributed by atoms with Gasteiger partial charge in [0.15, 0.2) is 11.9 Å². The largest absolute Gasteiger partial charge is 0.452 e. The molecule has 0 bridgehead atoms. The zero-order valence-electron chi connectivity index (χ0n) is 17.1. The Labute approximate surface area is 175 Å². The topological polar surface area (TPSA) is 102 Å². The number of rotatable bonds is 9. The van der Waals surface area contributed by atoms with Gasteiger partial charge in [-0.15, -0.1) is 0 Å². The van der Waals surface area contributed by atoms with Gasteiger partial charge in [-0.3, -0.25) is 30.0 Å². The Morgan fingerprint density at radius 1 is 0.867 bits per heavy atom. The number of esters is 1. The molecule has 158 valence electrons. The molecule has 1 atom stereocenters. The normalized spacial score (nSPS) is 11.3. The Kier molecular flexibility index (Phi) is 8.75. The van der Waals surface area contributed by atoms with Crippen LogP contribution in [-0.2, 0) is 20.7 Å². The highest BCUT2D eigenvalue weighted by Crippen LogP contribution is 2.10. The summed E-state index contributed by atoms with van der Waals surface area (Å²) >= 11 is 0. The van der Waals surface area contributed by atoms with Crippen molar-refractivity contribution in [3.8, 4) is 0 Å². The summed E-state index contributed by atoms with van der Waals surface area (Å²) in [7, 11) is 0. The van der Waals surface area contributed by atoms with Crippen LogP contribution in [0.3, 0.4) is 0 Å². The van der Waals surface area contributed by atoms with Crippen molar-refractivity contribution in [1.82, 2.24) is 10.9 Å². The van der Waals surface area contributed by atoms with Crippen LogP contribution >= 0.6 is 0 Å². The summed E-state index contributed by atoms with van der Waals surface area (Å²) in [6.45, 7) is 3.47. The fourth-order valence-corrected chi connectivity index (χ4v) is 2.70. The lowest BCUT2D eigenvalue weighted by Gasteiger charge is -2.14. The van der Waals surface area contributed by atoms with Crippen molar-refractivity contribution in [3.05, 3.63) is 71.3 Å². The van der Waals surface area contributed by atoms with Gasteiger partial charge < -0.3 is 4.74 Å². The number of hydrazine groups is 1. The van der Waals surface area contributed by atoms with E-state index in [0.717, 1.165) is 18.4 Å². The van der Waals surface area contributed by atoms with E-state index in [1.807, 2.05) is 12.1 Å². The molecule has 2 rings (SSSR count). The average Bonchev–Trinajstić information content (AvgIpc) is 2.76. The Morgan fingerprint density at radius 2 is 1.53 bits per heavy atom. The molecule has 0 aliphatic rings. The summed E-state index contributed by atoms with van der Waals surface area (Å²) in [6.07, 6.45) is 0.721. The highest BCUT2D eigenvalue weighted by molar-refractivity contribution is 5.98. The predicted octanol–water partition coefficient (Wildman–Crippen LogP) is 2.99. The third-order valence-electron chi connectivity index (χ3n) is 4.38. The van der Waals surface area contributed by atoms with Crippen LogP contribution in [0.15, 0.2) is 54.6 Å². The maximum absolute atomic E-state index is 12.2. The van der Waals surface area contributed by atoms with E-state index >= 15 is 0 Å². The van der Waals surface area contributed by atoms with Gasteiger partial charge >= 0.3 is 5.97 Å². The summed E-state index contributed by atoms with van der Waals surface area (Å²) in [5.74, 6) is -1.99. The van der Waals surface area contributed by atoms with Crippen molar-refractivity contribution < 1.29 is 23.9 Å². The number of carbonyl (C=O) groups excluding carboxylic acids is 4. The van der Waals surface area contributed by atoms with Gasteiger partial charge in [0.2, 0.25) is 0 Å². The van der Waals surface area contributed by atoms with Gasteiger partial charge in [-0.25, -0.2) is 0 Å². The van der Waals surface area contributed by atoms with Gasteiger partial charge in [0.25, 0.3) is 11.8 Å². The Bertz CT molecular complexity index is 878. The van der Waals surface area contributed by atoms with Crippen LogP contribution in [0.25, 0.3) is 0 Å². The lowest BCUT2D eigenvalue weighted by molar-refractivity contribution is -0.155. The molecule has 0 saturated carbocycles. The van der Waals surface area contributed by atoms with Crippen LogP contribution in [0, 0.1) is 0 Å². The molecule has 2 aromatic carbocycles. The molecule has 0 saturated heterocycles. The summed E-state index contributed by atoms with van der Waals surface area (Å²) in [5.41, 5.74) is 6.54. The smallest absolute Gasteiger partial charge is 0.307 e. The van der Waals surface area contributed by atoms with Crippen molar-refractivity contribution in [2.75, 3.05) is 0 Å². The number of amides is 2. The van der Waals surface area contributed by atoms with E-state index in [9.17, 15) is 19.2 Å². The Hall–Kier alpha value is -3.48. The number of hydrogen-bond acceptors (Lipinski definition) is 5. The number of carbonyl (C=O) groups is 4. The van der Waals surface area contributed by atoms with Gasteiger partial charge in [0.05, 0.1) is 6.42 Å². The van der Waals surface area contributed by atoms with Gasteiger partial charge in [-0.1, -0.05) is 55.8 Å². The van der Waals surface area contributed by atoms with Crippen molar-refractivity contribution in [2.24, 2.45) is 0 Å². The van der Waals surface area contributed by atoms with Crippen molar-refractivity contribution in [1.29, 1.82) is 0 Å². The minimum absolute atomic E-state index is 0.00889. The van der Waals surface area contributed by atoms with Crippen LogP contribution in [0.5, 0.6) is 0 Å². The van der Waals surface area contributed by atoms with Crippen LogP contribution in [-0.4, -0.2) is 29.7 Å². The molecule has 2 amide bonds. The first kappa shape index (κ1) is 22.8. The highest BCUT2D eigenvalue weighted by atomic mass is 16.5. The second kappa shape index (κ2) is 11.5. The quantitative estimate of drug-likeness (QED) is 0.376. The number of aryl methyl sites for hydroxylation is 1. The van der Waals surface area contributed by atoms with Crippen molar-refractivity contribution in [3.63, 3.8) is 0 Å². The molecule has 0 fully saturated rings. The zero-order valence-corrected chi connectivity index (χ0v) is 17.1. The summed E-state index contributed by atoms with van der Waals surface area (Å²) < 4.78 is 5.03. The van der Waals surface area contributed by atoms with Gasteiger partial charge in [-0.2, -0.15) is 0 Å². The monoisotopic (exact) mass is 410 g/mol. The predicted molar refractivity (Wildman–Crippen MR) is 112 cm³/mol. The van der Waals surface area contributed by atoms with E-state index in [-0.39, 0.29) is 18.6 Å². The molecule has 7 heteroatoms. The number of Topliss-reactive ketones (excluding diaryl/α,β-unsaturated/α-hetero) is 1. The minimum Gasteiger partial charge on any atom is -0.452 e. The number of benzene rings is 2. The van der Waals surface area contributed by atoms with Crippen LogP contribution in [0.4, 0.5) is 0 Å². The van der Waals surface area contributed by atoms with Crippen LogP contribution < -0.4 is 10.9 Å². The van der Waals surface area contributed by atoms with E-state index in [1.165, 1.54) is 6.92 Å². The van der Waals surface area contributed by atoms with E-state index < -0.39 is 23.9 Å². The maximum atomic E-state index is 12.2. The second-order valence-electron chi connectivity index (χ2n) is 6.81. The highest BCUT2D eigenvalue weighted by Gasteiger charge is 2.19. The molecule has 0 unspecified atom stereocenters. The number of nitrogens with one attached hydrogen (secondary N) is 2. The SMILES string of the molecule is CCCc1ccc(C(=O)CCC(=O)O[C@H](C)C(=O)NNC(=O)c2ccccc2)cc1. The number of ketones is 1. The first-order valence-electron chi connectivity index (χ1n) is 9.87. The maximum Gasteiger partial charge on any atom is 0.307 e. The lowest BCUT2D eigenvalue weighted by atomic mass is 10.0. The fourth-order valence-electron chi connectivity index (χ4n) is 2.70. The summed E-state index contributed by atoms with van der Waals surface area (Å²) in [5, 5.41) is 0. The molecule has 30 heavy (non-hydrogen) atoms. The van der Waals surface area contributed by atoms with Gasteiger partial charge in [-0.05, 0) is 31.0 Å². The molecule has 2 N–H and O–H groups in total. The molecule has 0 heterocycles. The van der Waals surface area contributed by atoms with Gasteiger partial charge in [0.1, 0.15) is 0 Å². The molecule has 0 aromatic heterocycles. The minimum atomic E-state index is -1.11. The number of hydrogen-bond donors (Lipinski definition) is 2. The van der Waals surface area contributed by atoms with Crippen molar-refractivity contribution >= 4 is 23.6 Å². The Balaban J connectivity index is 1.73. The summed E-state index contributed by atoms with van der Waals surface area (Å²) in [6, 6.07) is 15.7. The standard InChI is InChI=1S/C23H26N2O5/c1-3-7-17-10-12-18(13-11-17)20(26)14-15-21(27)30-16(2)22(28)24-25-23(29)19-8-5-4-6-9-19/h4-6,8-13,16H,3,7,14-15H2,1-2H3,(H,24,28)(H,25,29)/t16-/m1/s1. The van der Waals surface area contributed by atoms with Crippen molar-refractivity contribution in [2.45, 2.75) is 45.6 Å². The molecule has 0 spiro atoms. The third kappa shape index (κ3) is 7.16. The Morgan fingerprint density at radius 3 is 2.17 bits per heavy atom. The first-order valence-corrected chi connectivity index (χ1v) is 9.87. The van der Waals surface area contributed by atoms with E-state index in [4.69, 9.17) is 4.74 Å². The average molecular weight is 410 g/mol. The van der Waals surface area contributed by atoms with E-state index in [1.54, 1.807) is 42.5 Å². The van der Waals surface area contributed by atoms with E-state index in [2.05, 4.69) is 17.8 Å². The third-order valence-corrected chi connectivity index (χ3v) is 4.38. The second-order valence-corrected chi connectivity index (χ2v) is 6.81. The summed E-state index contributed by atoms with van der Waals surface area (Å²) in [4.78, 5) is 48.0. The molecule has 0 radical (unpaired) electrons. The fraction of sp³-hybridized carbons (Fsp3) is 0.304. The van der Waals surface area contributed by atoms with Crippen LogP contribution in [0.2, 0.25) is 0 Å². The number of ether oxygens (including phenoxy) is 1. The molecular weight excluding hydrogens is 384 g/mol.